The maximum Gasteiger partial charge on any atom is 0.414 e. The molecule has 0 aliphatic rings. The minimum atomic E-state index is -4.49. The summed E-state index contributed by atoms with van der Waals surface area (Å²) < 4.78 is 46.5. The lowest BCUT2D eigenvalue weighted by Crippen LogP contribution is -2.31. The van der Waals surface area contributed by atoms with Gasteiger partial charge in [0, 0.05) is 0 Å². The molecule has 0 heterocycles. The Kier molecular flexibility index (Phi) is 8.42. The van der Waals surface area contributed by atoms with Crippen molar-refractivity contribution in [3.63, 3.8) is 0 Å². The van der Waals surface area contributed by atoms with Crippen molar-refractivity contribution in [2.45, 2.75) is 65.2 Å². The molecule has 3 nitrogen and oxygen atoms in total. The van der Waals surface area contributed by atoms with Gasteiger partial charge in [0.1, 0.15) is 12.4 Å². The van der Waals surface area contributed by atoms with E-state index < -0.39 is 24.9 Å². The van der Waals surface area contributed by atoms with Gasteiger partial charge in [0.25, 0.3) is 0 Å². The third-order valence-electron chi connectivity index (χ3n) is 3.89. The van der Waals surface area contributed by atoms with E-state index in [1.54, 1.807) is 12.1 Å². The molecule has 6 heteroatoms. The maximum atomic E-state index is 12.3. The van der Waals surface area contributed by atoms with Gasteiger partial charge < -0.3 is 9.47 Å². The molecule has 2 atom stereocenters. The lowest BCUT2D eigenvalue weighted by atomic mass is 9.87. The number of hydrogen-bond acceptors (Lipinski definition) is 3. The van der Waals surface area contributed by atoms with Gasteiger partial charge in [0.2, 0.25) is 0 Å². The fourth-order valence-electron chi connectivity index (χ4n) is 2.59. The molecule has 0 aromatic heterocycles. The zero-order chi connectivity index (χ0) is 19.0. The van der Waals surface area contributed by atoms with E-state index in [0.29, 0.717) is 17.6 Å². The van der Waals surface area contributed by atoms with Crippen LogP contribution >= 0.6 is 0 Å². The lowest BCUT2D eigenvalue weighted by Gasteiger charge is -2.19. The average Bonchev–Trinajstić information content (AvgIpc) is 2.51. The molecule has 0 fully saturated rings. The zero-order valence-electron chi connectivity index (χ0n) is 15.2. The third kappa shape index (κ3) is 7.90. The molecule has 1 aromatic rings. The van der Waals surface area contributed by atoms with E-state index in [2.05, 4.69) is 25.5 Å². The quantitative estimate of drug-likeness (QED) is 0.431. The first-order chi connectivity index (χ1) is 11.6. The number of hydrogen-bond donors (Lipinski definition) is 0. The van der Waals surface area contributed by atoms with Crippen LogP contribution in [0.25, 0.3) is 0 Å². The van der Waals surface area contributed by atoms with Gasteiger partial charge >= 0.3 is 12.1 Å². The molecule has 2 unspecified atom stereocenters. The fourth-order valence-corrected chi connectivity index (χ4v) is 2.59. The first kappa shape index (κ1) is 21.5. The third-order valence-corrected chi connectivity index (χ3v) is 3.89. The van der Waals surface area contributed by atoms with Crippen LogP contribution in [0.4, 0.5) is 13.2 Å². The van der Waals surface area contributed by atoms with Crippen molar-refractivity contribution >= 4 is 5.97 Å². The predicted octanol–water partition coefficient (Wildman–Crippen LogP) is 5.49. The van der Waals surface area contributed by atoms with Crippen molar-refractivity contribution < 1.29 is 27.4 Å². The van der Waals surface area contributed by atoms with Gasteiger partial charge in [-0.3, -0.25) is 0 Å². The standard InChI is InChI=1S/C19H27F3O3/c1-5-6-16(11-13(2)3)15-7-9-17(10-8-15)25-18(23)12-24-14(4)19(20,21)22/h7-10,13-14,16H,5-6,11-12H2,1-4H3. The summed E-state index contributed by atoms with van der Waals surface area (Å²) in [6.45, 7) is 6.62. The highest BCUT2D eigenvalue weighted by molar-refractivity contribution is 5.73. The molecule has 0 aliphatic heterocycles. The first-order valence-electron chi connectivity index (χ1n) is 8.62. The number of carbonyl (C=O) groups is 1. The molecular formula is C19H27F3O3. The van der Waals surface area contributed by atoms with E-state index in [-0.39, 0.29) is 0 Å². The second-order valence-corrected chi connectivity index (χ2v) is 6.65. The van der Waals surface area contributed by atoms with Crippen LogP contribution in [0.5, 0.6) is 5.75 Å². The van der Waals surface area contributed by atoms with Crippen molar-refractivity contribution in [1.82, 2.24) is 0 Å². The van der Waals surface area contributed by atoms with E-state index in [4.69, 9.17) is 4.74 Å². The van der Waals surface area contributed by atoms with Crippen LogP contribution in [0, 0.1) is 5.92 Å². The van der Waals surface area contributed by atoms with Crippen molar-refractivity contribution in [1.29, 1.82) is 0 Å². The van der Waals surface area contributed by atoms with Crippen LogP contribution in [-0.2, 0) is 9.53 Å². The average molecular weight is 360 g/mol. The lowest BCUT2D eigenvalue weighted by molar-refractivity contribution is -0.215. The molecule has 0 amide bonds. The van der Waals surface area contributed by atoms with Crippen molar-refractivity contribution in [3.05, 3.63) is 29.8 Å². The van der Waals surface area contributed by atoms with Gasteiger partial charge in [-0.15, -0.1) is 0 Å². The molecule has 142 valence electrons. The van der Waals surface area contributed by atoms with E-state index in [1.807, 2.05) is 12.1 Å². The molecule has 0 aliphatic carbocycles. The van der Waals surface area contributed by atoms with Gasteiger partial charge in [-0.25, -0.2) is 4.79 Å². The molecule has 0 spiro atoms. The topological polar surface area (TPSA) is 35.5 Å². The van der Waals surface area contributed by atoms with Crippen LogP contribution in [0.1, 0.15) is 58.4 Å². The van der Waals surface area contributed by atoms with Gasteiger partial charge in [0.05, 0.1) is 0 Å². The van der Waals surface area contributed by atoms with Crippen LogP contribution in [0.15, 0.2) is 24.3 Å². The Bertz CT molecular complexity index is 524. The largest absolute Gasteiger partial charge is 0.425 e. The highest BCUT2D eigenvalue weighted by atomic mass is 19.4. The summed E-state index contributed by atoms with van der Waals surface area (Å²) in [5, 5.41) is 0. The van der Waals surface area contributed by atoms with Crippen LogP contribution in [0.2, 0.25) is 0 Å². The van der Waals surface area contributed by atoms with E-state index >= 15 is 0 Å². The maximum absolute atomic E-state index is 12.3. The second-order valence-electron chi connectivity index (χ2n) is 6.65. The Morgan fingerprint density at radius 3 is 2.20 bits per heavy atom. The zero-order valence-corrected chi connectivity index (χ0v) is 15.2. The fraction of sp³-hybridized carbons (Fsp3) is 0.632. The van der Waals surface area contributed by atoms with E-state index in [1.165, 1.54) is 5.56 Å². The summed E-state index contributed by atoms with van der Waals surface area (Å²) in [6.07, 6.45) is -3.25. The SMILES string of the molecule is CCCC(CC(C)C)c1ccc(OC(=O)COC(C)C(F)(F)F)cc1. The smallest absolute Gasteiger partial charge is 0.414 e. The Morgan fingerprint density at radius 2 is 1.72 bits per heavy atom. The minimum absolute atomic E-state index is 0.303. The Labute approximate surface area is 147 Å². The van der Waals surface area contributed by atoms with E-state index in [9.17, 15) is 18.0 Å². The molecule has 0 saturated heterocycles. The molecule has 1 rings (SSSR count). The summed E-state index contributed by atoms with van der Waals surface area (Å²) >= 11 is 0. The van der Waals surface area contributed by atoms with Crippen LogP contribution in [0.3, 0.4) is 0 Å². The molecule has 1 aromatic carbocycles. The number of halogens is 3. The molecular weight excluding hydrogens is 333 g/mol. The Balaban J connectivity index is 2.59. The summed E-state index contributed by atoms with van der Waals surface area (Å²) in [5.74, 6) is 0.487. The summed E-state index contributed by atoms with van der Waals surface area (Å²) in [7, 11) is 0. The van der Waals surface area contributed by atoms with Crippen molar-refractivity contribution in [3.8, 4) is 5.75 Å². The number of carbonyl (C=O) groups excluding carboxylic acids is 1. The molecule has 0 bridgehead atoms. The molecule has 0 saturated carbocycles. The first-order valence-corrected chi connectivity index (χ1v) is 8.62. The molecule has 25 heavy (non-hydrogen) atoms. The molecule has 0 N–H and O–H groups in total. The van der Waals surface area contributed by atoms with Gasteiger partial charge in [0.15, 0.2) is 6.10 Å². The van der Waals surface area contributed by atoms with Gasteiger partial charge in [-0.1, -0.05) is 39.3 Å². The Hall–Kier alpha value is -1.56. The summed E-state index contributed by atoms with van der Waals surface area (Å²) in [6, 6.07) is 7.15. The van der Waals surface area contributed by atoms with Crippen molar-refractivity contribution in [2.75, 3.05) is 6.61 Å². The molecule has 0 radical (unpaired) electrons. The summed E-state index contributed by atoms with van der Waals surface area (Å²) in [5.41, 5.74) is 1.18. The van der Waals surface area contributed by atoms with Gasteiger partial charge in [-0.05, 0) is 49.3 Å². The number of alkyl halides is 3. The highest BCUT2D eigenvalue weighted by Crippen LogP contribution is 2.29. The van der Waals surface area contributed by atoms with Crippen molar-refractivity contribution in [2.24, 2.45) is 5.92 Å². The number of esters is 1. The Morgan fingerprint density at radius 1 is 1.12 bits per heavy atom. The number of benzene rings is 1. The minimum Gasteiger partial charge on any atom is -0.425 e. The van der Waals surface area contributed by atoms with Gasteiger partial charge in [-0.2, -0.15) is 13.2 Å². The summed E-state index contributed by atoms with van der Waals surface area (Å²) in [4.78, 5) is 11.6. The number of ether oxygens (including phenoxy) is 2. The second kappa shape index (κ2) is 9.80. The predicted molar refractivity (Wildman–Crippen MR) is 90.7 cm³/mol. The van der Waals surface area contributed by atoms with Crippen LogP contribution in [-0.4, -0.2) is 24.9 Å². The normalized spacial score (nSPS) is 14.4. The monoisotopic (exact) mass is 360 g/mol. The number of rotatable bonds is 9. The van der Waals surface area contributed by atoms with E-state index in [0.717, 1.165) is 26.2 Å². The van der Waals surface area contributed by atoms with Crippen LogP contribution < -0.4 is 4.74 Å². The highest BCUT2D eigenvalue weighted by Gasteiger charge is 2.37.